The topological polar surface area (TPSA) is 9.23 Å². The molecule has 1 aromatic carbocycles. The van der Waals surface area contributed by atoms with Gasteiger partial charge in [-0.1, -0.05) is 26.8 Å². The Morgan fingerprint density at radius 3 is 2.32 bits per heavy atom. The Kier molecular flexibility index (Phi) is 4.43. The van der Waals surface area contributed by atoms with E-state index in [0.29, 0.717) is 0 Å². The first-order valence-electron chi connectivity index (χ1n) is 5.94. The van der Waals surface area contributed by atoms with Crippen molar-refractivity contribution >= 4 is 0 Å². The van der Waals surface area contributed by atoms with E-state index in [1.807, 2.05) is 13.8 Å². The molecule has 1 heterocycles. The second kappa shape index (κ2) is 5.35. The second-order valence-electron chi connectivity index (χ2n) is 3.99. The van der Waals surface area contributed by atoms with Crippen LogP contribution in [0.1, 0.15) is 37.8 Å². The Morgan fingerprint density at radius 2 is 1.79 bits per heavy atom. The average molecular weight is 282 g/mol. The maximum atomic E-state index is 13.4. The number of rotatable bonds is 0. The van der Waals surface area contributed by atoms with E-state index in [0.717, 1.165) is 19.1 Å². The lowest BCUT2D eigenvalue weighted by Crippen LogP contribution is -2.37. The highest BCUT2D eigenvalue weighted by molar-refractivity contribution is 5.46. The van der Waals surface area contributed by atoms with Crippen LogP contribution in [0.3, 0.4) is 0 Å². The molecule has 6 heteroatoms. The quantitative estimate of drug-likeness (QED) is 0.617. The normalized spacial score (nSPS) is 20.7. The molecule has 0 aliphatic carbocycles. The van der Waals surface area contributed by atoms with Crippen LogP contribution in [0.15, 0.2) is 18.2 Å². The number of halogens is 5. The van der Waals surface area contributed by atoms with E-state index in [2.05, 4.69) is 0 Å². The van der Waals surface area contributed by atoms with Crippen LogP contribution in [0.25, 0.3) is 0 Å². The predicted octanol–water partition coefficient (Wildman–Crippen LogP) is 4.86. The predicted molar refractivity (Wildman–Crippen MR) is 61.6 cm³/mol. The molecule has 0 amide bonds. The van der Waals surface area contributed by atoms with Gasteiger partial charge in [0.1, 0.15) is 5.75 Å². The van der Waals surface area contributed by atoms with Crippen LogP contribution in [0.2, 0.25) is 0 Å². The van der Waals surface area contributed by atoms with Crippen molar-refractivity contribution in [1.82, 2.24) is 0 Å². The molecule has 19 heavy (non-hydrogen) atoms. The summed E-state index contributed by atoms with van der Waals surface area (Å²) in [4.78, 5) is 0. The molecule has 0 bridgehead atoms. The smallest absolute Gasteiger partial charge is 0.416 e. The maximum absolute atomic E-state index is 13.4. The van der Waals surface area contributed by atoms with Gasteiger partial charge in [0.15, 0.2) is 6.61 Å². The fourth-order valence-electron chi connectivity index (χ4n) is 1.87. The van der Waals surface area contributed by atoms with Gasteiger partial charge in [-0.25, -0.2) is 8.78 Å². The molecule has 0 fully saturated rings. The van der Waals surface area contributed by atoms with E-state index in [1.165, 1.54) is 6.07 Å². The summed E-state index contributed by atoms with van der Waals surface area (Å²) in [5.74, 6) is -4.91. The molecular weight excluding hydrogens is 267 g/mol. The summed E-state index contributed by atoms with van der Waals surface area (Å²) in [7, 11) is 0. The zero-order valence-corrected chi connectivity index (χ0v) is 10.8. The van der Waals surface area contributed by atoms with Crippen LogP contribution in [0, 0.1) is 0 Å². The summed E-state index contributed by atoms with van der Waals surface area (Å²) < 4.78 is 69.5. The first-order chi connectivity index (χ1) is 8.73. The third kappa shape index (κ3) is 2.98. The number of benzene rings is 1. The maximum Gasteiger partial charge on any atom is 0.416 e. The lowest BCUT2D eigenvalue weighted by atomic mass is 9.88. The van der Waals surface area contributed by atoms with Crippen molar-refractivity contribution in [2.45, 2.75) is 38.8 Å². The van der Waals surface area contributed by atoms with Gasteiger partial charge in [0.2, 0.25) is 0 Å². The fraction of sp³-hybridized carbons (Fsp3) is 0.538. The third-order valence-corrected chi connectivity index (χ3v) is 2.86. The summed E-state index contributed by atoms with van der Waals surface area (Å²) in [6.45, 7) is 4.19. The monoisotopic (exact) mass is 282 g/mol. The molecule has 108 valence electrons. The molecular formula is C13H15F5O. The summed E-state index contributed by atoms with van der Waals surface area (Å²) >= 11 is 0. The number of ether oxygens (including phenoxy) is 1. The van der Waals surface area contributed by atoms with Gasteiger partial charge < -0.3 is 4.74 Å². The summed E-state index contributed by atoms with van der Waals surface area (Å²) in [5.41, 5.74) is -1.52. The fourth-order valence-corrected chi connectivity index (χ4v) is 1.87. The zero-order valence-electron chi connectivity index (χ0n) is 10.8. The molecule has 1 atom stereocenters. The molecule has 0 spiro atoms. The molecule has 0 aromatic heterocycles. The van der Waals surface area contributed by atoms with E-state index in [9.17, 15) is 22.0 Å². The largest absolute Gasteiger partial charge is 0.487 e. The Bertz CT molecular complexity index is 439. The lowest BCUT2D eigenvalue weighted by molar-refractivity contribution is -0.141. The summed E-state index contributed by atoms with van der Waals surface area (Å²) in [5, 5.41) is 0. The number of alkyl halides is 5. The van der Waals surface area contributed by atoms with Gasteiger partial charge in [0.25, 0.3) is 5.92 Å². The van der Waals surface area contributed by atoms with Crippen LogP contribution in [-0.4, -0.2) is 12.5 Å². The van der Waals surface area contributed by atoms with Crippen molar-refractivity contribution < 1.29 is 26.7 Å². The first kappa shape index (κ1) is 15.7. The Balaban J connectivity index is 0.000000861. The van der Waals surface area contributed by atoms with Gasteiger partial charge in [-0.15, -0.1) is 0 Å². The van der Waals surface area contributed by atoms with Gasteiger partial charge in [-0.3, -0.25) is 0 Å². The number of fused-ring (bicyclic) bond motifs is 1. The van der Waals surface area contributed by atoms with Gasteiger partial charge >= 0.3 is 6.18 Å². The number of hydrogen-bond acceptors (Lipinski definition) is 1. The third-order valence-electron chi connectivity index (χ3n) is 2.86. The molecule has 1 aromatic rings. The minimum atomic E-state index is -4.66. The number of hydrogen-bond donors (Lipinski definition) is 0. The highest BCUT2D eigenvalue weighted by atomic mass is 19.4. The van der Waals surface area contributed by atoms with Crippen LogP contribution < -0.4 is 4.74 Å². The summed E-state index contributed by atoms with van der Waals surface area (Å²) in [6, 6.07) is 3.22. The molecule has 0 saturated heterocycles. The average Bonchev–Trinajstić information content (AvgIpc) is 2.35. The molecule has 1 aliphatic rings. The SMILES string of the molecule is CC.CC1c2c(cccc2C(F)(F)F)OCC1(F)F. The van der Waals surface area contributed by atoms with Crippen molar-refractivity contribution in [2.24, 2.45) is 0 Å². The van der Waals surface area contributed by atoms with Crippen molar-refractivity contribution in [3.8, 4) is 5.75 Å². The Hall–Kier alpha value is -1.33. The molecule has 1 nitrogen and oxygen atoms in total. The highest BCUT2D eigenvalue weighted by Crippen LogP contribution is 2.47. The Morgan fingerprint density at radius 1 is 1.21 bits per heavy atom. The van der Waals surface area contributed by atoms with Gasteiger partial charge in [0.05, 0.1) is 11.5 Å². The first-order valence-corrected chi connectivity index (χ1v) is 5.94. The van der Waals surface area contributed by atoms with Crippen molar-refractivity contribution in [3.63, 3.8) is 0 Å². The van der Waals surface area contributed by atoms with E-state index in [-0.39, 0.29) is 5.75 Å². The minimum Gasteiger partial charge on any atom is -0.487 e. The van der Waals surface area contributed by atoms with E-state index < -0.39 is 35.8 Å². The van der Waals surface area contributed by atoms with Crippen LogP contribution >= 0.6 is 0 Å². The standard InChI is InChI=1S/C11H9F5O.C2H6/c1-6-9-7(11(14,15)16)3-2-4-8(9)17-5-10(6,12)13;1-2/h2-4,6H,5H2,1H3;1-2H3. The van der Waals surface area contributed by atoms with Crippen molar-refractivity contribution in [2.75, 3.05) is 6.61 Å². The van der Waals surface area contributed by atoms with E-state index in [4.69, 9.17) is 4.74 Å². The summed E-state index contributed by atoms with van der Waals surface area (Å²) in [6.07, 6.45) is -4.66. The molecule has 0 N–H and O–H groups in total. The lowest BCUT2D eigenvalue weighted by Gasteiger charge is -2.32. The van der Waals surface area contributed by atoms with Gasteiger partial charge in [-0.05, 0) is 12.1 Å². The van der Waals surface area contributed by atoms with E-state index >= 15 is 0 Å². The molecule has 0 saturated carbocycles. The van der Waals surface area contributed by atoms with Crippen molar-refractivity contribution in [1.29, 1.82) is 0 Å². The van der Waals surface area contributed by atoms with Gasteiger partial charge in [-0.2, -0.15) is 13.2 Å². The van der Waals surface area contributed by atoms with Crippen LogP contribution in [-0.2, 0) is 6.18 Å². The minimum absolute atomic E-state index is 0.113. The molecule has 2 rings (SSSR count). The van der Waals surface area contributed by atoms with Crippen molar-refractivity contribution in [3.05, 3.63) is 29.3 Å². The highest BCUT2D eigenvalue weighted by Gasteiger charge is 2.47. The van der Waals surface area contributed by atoms with Gasteiger partial charge in [0, 0.05) is 5.56 Å². The molecule has 1 aliphatic heterocycles. The Labute approximate surface area is 108 Å². The van der Waals surface area contributed by atoms with Crippen LogP contribution in [0.4, 0.5) is 22.0 Å². The zero-order chi connectivity index (χ0) is 14.8. The second-order valence-corrected chi connectivity index (χ2v) is 3.99. The van der Waals surface area contributed by atoms with E-state index in [1.54, 1.807) is 0 Å². The molecule has 0 radical (unpaired) electrons. The molecule has 1 unspecified atom stereocenters. The van der Waals surface area contributed by atoms with Crippen LogP contribution in [0.5, 0.6) is 5.75 Å².